The third kappa shape index (κ3) is 4.85. The Hall–Kier alpha value is -1.14. The Morgan fingerprint density at radius 3 is 2.47 bits per heavy atom. The van der Waals surface area contributed by atoms with Crippen molar-refractivity contribution in [1.29, 1.82) is 0 Å². The Labute approximate surface area is 196 Å². The van der Waals surface area contributed by atoms with Gasteiger partial charge in [0.2, 0.25) is 0 Å². The number of hydrogen-bond acceptors (Lipinski definition) is 0. The Kier molecular flexibility index (Phi) is 8.05. The maximum absolute atomic E-state index is 4.89. The second kappa shape index (κ2) is 10.9. The van der Waals surface area contributed by atoms with Crippen molar-refractivity contribution in [1.82, 2.24) is 0 Å². The van der Waals surface area contributed by atoms with Crippen LogP contribution in [0.4, 0.5) is 0 Å². The molecule has 0 fully saturated rings. The van der Waals surface area contributed by atoms with Gasteiger partial charge in [0.1, 0.15) is 0 Å². The van der Waals surface area contributed by atoms with Crippen LogP contribution in [0.3, 0.4) is 0 Å². The van der Waals surface area contributed by atoms with Crippen LogP contribution in [-0.4, -0.2) is 0 Å². The number of fused-ring (bicyclic) bond motifs is 4. The van der Waals surface area contributed by atoms with Crippen LogP contribution in [0.25, 0.3) is 26.6 Å². The molecule has 0 N–H and O–H groups in total. The molecule has 0 amide bonds. The molecule has 2 aliphatic carbocycles. The zero-order valence-corrected chi connectivity index (χ0v) is 20.7. The zero-order chi connectivity index (χ0) is 20.8. The summed E-state index contributed by atoms with van der Waals surface area (Å²) >= 11 is -0.556. The summed E-state index contributed by atoms with van der Waals surface area (Å²) in [6.45, 7) is 0. The van der Waals surface area contributed by atoms with E-state index >= 15 is 0 Å². The first-order chi connectivity index (χ1) is 14.8. The average molecular weight is 485 g/mol. The topological polar surface area (TPSA) is 0 Å². The molecular formula is C26H23Cl2PTi-2. The van der Waals surface area contributed by atoms with Gasteiger partial charge in [0.15, 0.2) is 0 Å². The van der Waals surface area contributed by atoms with Gasteiger partial charge in [-0.25, -0.2) is 12.2 Å². The third-order valence-electron chi connectivity index (χ3n) is 5.63. The maximum Gasteiger partial charge on any atom is 0.00467 e. The first-order valence-corrected chi connectivity index (χ1v) is 15.9. The van der Waals surface area contributed by atoms with E-state index in [0.717, 1.165) is 6.42 Å². The average Bonchev–Trinajstić information content (AvgIpc) is 3.53. The van der Waals surface area contributed by atoms with Gasteiger partial charge < -0.3 is 0 Å². The summed E-state index contributed by atoms with van der Waals surface area (Å²) < 4.78 is 0. The minimum absolute atomic E-state index is 0.281. The van der Waals surface area contributed by atoms with E-state index in [1.165, 1.54) is 36.5 Å². The quantitative estimate of drug-likeness (QED) is 0.186. The van der Waals surface area contributed by atoms with Crippen molar-refractivity contribution >= 4 is 47.4 Å². The molecule has 6 rings (SSSR count). The molecule has 0 aliphatic heterocycles. The molecule has 1 aromatic heterocycles. The molecule has 30 heavy (non-hydrogen) atoms. The minimum Gasteiger partial charge on any atom is -0.157 e. The molecule has 0 saturated carbocycles. The van der Waals surface area contributed by atoms with Gasteiger partial charge in [-0.1, -0.05) is 35.6 Å². The Morgan fingerprint density at radius 2 is 1.73 bits per heavy atom. The monoisotopic (exact) mass is 484 g/mol. The van der Waals surface area contributed by atoms with Gasteiger partial charge in [-0.05, 0) is 41.9 Å². The molecule has 0 radical (unpaired) electrons. The SMILES string of the molecule is [C-]1=CC=CC1.[Cl][Ti][Cl].c1ccc2[cH-]c(-p3c4c(c5ccccc53)CCCC4)cc2c1. The molecule has 1 atom stereocenters. The first-order valence-electron chi connectivity index (χ1n) is 10.3. The van der Waals surface area contributed by atoms with Crippen LogP contribution in [-0.2, 0) is 29.9 Å². The fourth-order valence-electron chi connectivity index (χ4n) is 4.39. The van der Waals surface area contributed by atoms with Gasteiger partial charge in [-0.2, -0.15) is 12.1 Å². The summed E-state index contributed by atoms with van der Waals surface area (Å²) in [5, 5.41) is 9.24. The van der Waals surface area contributed by atoms with Crippen molar-refractivity contribution in [3.8, 4) is 5.30 Å². The van der Waals surface area contributed by atoms with Crippen LogP contribution in [0.2, 0.25) is 0 Å². The molecule has 3 aromatic carbocycles. The molecule has 4 heteroatoms. The molecule has 0 nitrogen and oxygen atoms in total. The molecule has 1 heterocycles. The van der Waals surface area contributed by atoms with Crippen LogP contribution in [0.5, 0.6) is 0 Å². The van der Waals surface area contributed by atoms with E-state index in [1.807, 2.05) is 12.2 Å². The Bertz CT molecular complexity index is 1140. The number of aryl methyl sites for hydroxylation is 1. The smallest absolute Gasteiger partial charge is 0.00467 e. The normalized spacial score (nSPS) is 14.7. The molecule has 152 valence electrons. The summed E-state index contributed by atoms with van der Waals surface area (Å²) in [7, 11) is 9.50. The van der Waals surface area contributed by atoms with Crippen LogP contribution < -0.4 is 0 Å². The zero-order valence-electron chi connectivity index (χ0n) is 16.7. The van der Waals surface area contributed by atoms with Gasteiger partial charge >= 0.3 is 35.6 Å². The van der Waals surface area contributed by atoms with E-state index in [0.29, 0.717) is 0 Å². The number of halogens is 2. The summed E-state index contributed by atoms with van der Waals surface area (Å²) in [6, 6.07) is 22.8. The Balaban J connectivity index is 0.000000233. The predicted molar refractivity (Wildman–Crippen MR) is 131 cm³/mol. The molecule has 0 bridgehead atoms. The maximum atomic E-state index is 4.89. The van der Waals surface area contributed by atoms with E-state index in [2.05, 4.69) is 72.8 Å². The first kappa shape index (κ1) is 22.1. The largest absolute Gasteiger partial charge is 0.157 e. The van der Waals surface area contributed by atoms with Crippen LogP contribution >= 0.6 is 26.1 Å². The van der Waals surface area contributed by atoms with E-state index in [9.17, 15) is 0 Å². The number of rotatable bonds is 1. The summed E-state index contributed by atoms with van der Waals surface area (Å²) in [6.07, 6.45) is 15.3. The third-order valence-corrected chi connectivity index (χ3v) is 8.31. The van der Waals surface area contributed by atoms with Crippen LogP contribution in [0, 0.1) is 6.08 Å². The molecular weight excluding hydrogens is 462 g/mol. The van der Waals surface area contributed by atoms with Gasteiger partial charge in [0, 0.05) is 5.12 Å². The minimum atomic E-state index is -0.556. The summed E-state index contributed by atoms with van der Waals surface area (Å²) in [5.74, 6) is 0. The molecule has 0 spiro atoms. The number of allylic oxidation sites excluding steroid dienone is 4. The predicted octanol–water partition coefficient (Wildman–Crippen LogP) is 9.25. The van der Waals surface area contributed by atoms with Crippen LogP contribution in [0.1, 0.15) is 30.1 Å². The van der Waals surface area contributed by atoms with E-state index in [-0.39, 0.29) is 7.53 Å². The Morgan fingerprint density at radius 1 is 0.967 bits per heavy atom. The standard InChI is InChI=1S/C21H18P.C5H5.2ClH.Ti/c1-2-8-16-14-17(13-15(16)7-1)22-20-11-5-3-9-18(20)19-10-4-6-12-21(19)22;1-2-4-5-3-1;;;/h1-3,5,7-9,11,13-14H,4,6,10,12H2;1-3H,4H2;2*1H;/q2*-1;;;+2/p-2. The van der Waals surface area contributed by atoms with Gasteiger partial charge in [0.25, 0.3) is 0 Å². The van der Waals surface area contributed by atoms with Crippen molar-refractivity contribution in [3.05, 3.63) is 95.8 Å². The van der Waals surface area contributed by atoms with Crippen molar-refractivity contribution in [2.24, 2.45) is 0 Å². The molecule has 0 saturated heterocycles. The molecule has 1 unspecified atom stereocenters. The second-order valence-electron chi connectivity index (χ2n) is 7.40. The van der Waals surface area contributed by atoms with Crippen molar-refractivity contribution in [2.75, 3.05) is 0 Å². The second-order valence-corrected chi connectivity index (χ2v) is 12.2. The van der Waals surface area contributed by atoms with Crippen molar-refractivity contribution in [2.45, 2.75) is 32.1 Å². The van der Waals surface area contributed by atoms with Crippen LogP contribution in [0.15, 0.2) is 78.9 Å². The molecule has 2 aliphatic rings. The van der Waals surface area contributed by atoms with Crippen molar-refractivity contribution in [3.63, 3.8) is 0 Å². The van der Waals surface area contributed by atoms with Crippen molar-refractivity contribution < 1.29 is 17.0 Å². The van der Waals surface area contributed by atoms with E-state index in [1.54, 1.807) is 26.7 Å². The number of hydrogen-bond donors (Lipinski definition) is 0. The van der Waals surface area contributed by atoms with E-state index in [4.69, 9.17) is 18.6 Å². The molecule has 4 aromatic rings. The summed E-state index contributed by atoms with van der Waals surface area (Å²) in [4.78, 5) is 0. The van der Waals surface area contributed by atoms with Gasteiger partial charge in [0.05, 0.1) is 0 Å². The summed E-state index contributed by atoms with van der Waals surface area (Å²) in [5.41, 5.74) is 1.68. The fraction of sp³-hybridized carbons (Fsp3) is 0.192. The van der Waals surface area contributed by atoms with Gasteiger partial charge in [-0.3, -0.25) is 6.08 Å². The fourth-order valence-corrected chi connectivity index (χ4v) is 7.38. The van der Waals surface area contributed by atoms with Gasteiger partial charge in [-0.15, -0.1) is 49.0 Å². The number of benzene rings is 2. The van der Waals surface area contributed by atoms with E-state index < -0.39 is 17.0 Å².